The highest BCUT2D eigenvalue weighted by molar-refractivity contribution is 7.17. The van der Waals surface area contributed by atoms with Crippen LogP contribution in [0.15, 0.2) is 17.5 Å². The maximum atomic E-state index is 9.07. The molecule has 0 N–H and O–H groups in total. The van der Waals surface area contributed by atoms with Crippen molar-refractivity contribution >= 4 is 33.0 Å². The van der Waals surface area contributed by atoms with Crippen molar-refractivity contribution in [3.63, 3.8) is 0 Å². The summed E-state index contributed by atoms with van der Waals surface area (Å²) in [7, 11) is 0. The molecule has 1 heterocycles. The summed E-state index contributed by atoms with van der Waals surface area (Å²) in [5.41, 5.74) is 2.83. The zero-order chi connectivity index (χ0) is 10.1. The van der Waals surface area contributed by atoms with E-state index < -0.39 is 0 Å². The summed E-state index contributed by atoms with van der Waals surface area (Å²) in [6.45, 7) is 1.95. The summed E-state index contributed by atoms with van der Waals surface area (Å²) >= 11 is 7.43. The summed E-state index contributed by atoms with van der Waals surface area (Å²) in [6, 6.07) is 6.34. The van der Waals surface area contributed by atoms with Gasteiger partial charge in [-0.1, -0.05) is 0 Å². The predicted octanol–water partition coefficient (Wildman–Crippen LogP) is 3.82. The summed E-state index contributed by atoms with van der Waals surface area (Å²) in [6.07, 6.45) is 0. The van der Waals surface area contributed by atoms with Gasteiger partial charge >= 0.3 is 0 Å². The van der Waals surface area contributed by atoms with Crippen LogP contribution >= 0.6 is 22.9 Å². The molecule has 0 radical (unpaired) electrons. The molecule has 1 aromatic heterocycles. The molecule has 3 heteroatoms. The van der Waals surface area contributed by atoms with Crippen LogP contribution in [0.3, 0.4) is 0 Å². The molecule has 2 rings (SSSR count). The highest BCUT2D eigenvalue weighted by Crippen LogP contribution is 2.30. The molecule has 0 aliphatic heterocycles. The third-order valence-corrected chi connectivity index (χ3v) is 3.60. The van der Waals surface area contributed by atoms with E-state index >= 15 is 0 Å². The lowest BCUT2D eigenvalue weighted by Crippen LogP contribution is -1.89. The van der Waals surface area contributed by atoms with Crippen LogP contribution in [0.25, 0.3) is 10.1 Å². The minimum Gasteiger partial charge on any atom is -0.192 e. The molecule has 2 aromatic rings. The molecule has 0 fully saturated rings. The highest BCUT2D eigenvalue weighted by Gasteiger charge is 2.09. The highest BCUT2D eigenvalue weighted by atomic mass is 35.5. The Morgan fingerprint density at radius 2 is 2.36 bits per heavy atom. The summed E-state index contributed by atoms with van der Waals surface area (Å²) in [5.74, 6) is 0.465. The average molecular weight is 222 g/mol. The first-order valence-electron chi connectivity index (χ1n) is 4.23. The average Bonchev–Trinajstić information content (AvgIpc) is 2.64. The van der Waals surface area contributed by atoms with Gasteiger partial charge in [-0.25, -0.2) is 0 Å². The SMILES string of the molecule is Cc1c(CCl)cc2ccsc2c1C#N. The van der Waals surface area contributed by atoms with Crippen molar-refractivity contribution in [3.05, 3.63) is 34.2 Å². The maximum absolute atomic E-state index is 9.07. The molecule has 0 saturated heterocycles. The maximum Gasteiger partial charge on any atom is 0.101 e. The molecule has 0 saturated carbocycles. The van der Waals surface area contributed by atoms with Crippen LogP contribution < -0.4 is 0 Å². The Labute approximate surface area is 91.5 Å². The van der Waals surface area contributed by atoms with E-state index in [0.29, 0.717) is 5.88 Å². The molecule has 14 heavy (non-hydrogen) atoms. The van der Waals surface area contributed by atoms with E-state index in [4.69, 9.17) is 16.9 Å². The van der Waals surface area contributed by atoms with Crippen molar-refractivity contribution in [1.82, 2.24) is 0 Å². The minimum absolute atomic E-state index is 0.465. The smallest absolute Gasteiger partial charge is 0.101 e. The van der Waals surface area contributed by atoms with Crippen LogP contribution in [0.1, 0.15) is 16.7 Å². The number of thiophene rings is 1. The van der Waals surface area contributed by atoms with Gasteiger partial charge in [-0.3, -0.25) is 0 Å². The molecule has 0 bridgehead atoms. The van der Waals surface area contributed by atoms with Crippen LogP contribution in [-0.2, 0) is 5.88 Å². The van der Waals surface area contributed by atoms with Crippen molar-refractivity contribution in [2.24, 2.45) is 0 Å². The Morgan fingerprint density at radius 3 is 3.00 bits per heavy atom. The van der Waals surface area contributed by atoms with E-state index in [-0.39, 0.29) is 0 Å². The Hall–Kier alpha value is -1.04. The number of nitrogens with zero attached hydrogens (tertiary/aromatic N) is 1. The molecule has 1 aromatic carbocycles. The van der Waals surface area contributed by atoms with E-state index in [1.165, 1.54) is 0 Å². The van der Waals surface area contributed by atoms with Crippen LogP contribution in [0, 0.1) is 18.3 Å². The number of nitriles is 1. The van der Waals surface area contributed by atoms with E-state index in [1.807, 2.05) is 18.4 Å². The number of hydrogen-bond donors (Lipinski definition) is 0. The lowest BCUT2D eigenvalue weighted by molar-refractivity contribution is 1.30. The van der Waals surface area contributed by atoms with Crippen LogP contribution in [0.4, 0.5) is 0 Å². The second-order valence-corrected chi connectivity index (χ2v) is 4.30. The zero-order valence-electron chi connectivity index (χ0n) is 7.67. The fourth-order valence-electron chi connectivity index (χ4n) is 1.54. The van der Waals surface area contributed by atoms with Crippen molar-refractivity contribution in [3.8, 4) is 6.07 Å². The van der Waals surface area contributed by atoms with Crippen molar-refractivity contribution in [1.29, 1.82) is 5.26 Å². The van der Waals surface area contributed by atoms with Gasteiger partial charge in [0.05, 0.1) is 10.3 Å². The van der Waals surface area contributed by atoms with Gasteiger partial charge in [0.2, 0.25) is 0 Å². The fraction of sp³-hybridized carbons (Fsp3) is 0.182. The first-order valence-corrected chi connectivity index (χ1v) is 5.65. The summed E-state index contributed by atoms with van der Waals surface area (Å²) < 4.78 is 1.07. The van der Waals surface area contributed by atoms with Crippen LogP contribution in [-0.4, -0.2) is 0 Å². The predicted molar refractivity (Wildman–Crippen MR) is 60.8 cm³/mol. The van der Waals surface area contributed by atoms with Crippen LogP contribution in [0.5, 0.6) is 0 Å². The van der Waals surface area contributed by atoms with Gasteiger partial charge in [0.25, 0.3) is 0 Å². The molecule has 0 aliphatic carbocycles. The van der Waals surface area contributed by atoms with E-state index in [9.17, 15) is 0 Å². The number of rotatable bonds is 1. The van der Waals surface area contributed by atoms with Crippen LogP contribution in [0.2, 0.25) is 0 Å². The van der Waals surface area contributed by atoms with Gasteiger partial charge in [-0.15, -0.1) is 22.9 Å². The third kappa shape index (κ3) is 1.30. The molecule has 70 valence electrons. The fourth-order valence-corrected chi connectivity index (χ4v) is 2.74. The van der Waals surface area contributed by atoms with Gasteiger partial charge in [-0.2, -0.15) is 5.26 Å². The minimum atomic E-state index is 0.465. The number of fused-ring (bicyclic) bond motifs is 1. The molecule has 0 atom stereocenters. The standard InChI is InChI=1S/C11H8ClNS/c1-7-9(5-12)4-8-2-3-14-11(8)10(7)6-13/h2-4H,5H2,1H3. The van der Waals surface area contributed by atoms with Gasteiger partial charge in [-0.05, 0) is 40.9 Å². The molecule has 1 nitrogen and oxygen atoms in total. The van der Waals surface area contributed by atoms with Crippen molar-refractivity contribution < 1.29 is 0 Å². The molecule has 0 spiro atoms. The normalized spacial score (nSPS) is 10.4. The quantitative estimate of drug-likeness (QED) is 0.672. The largest absolute Gasteiger partial charge is 0.192 e. The monoisotopic (exact) mass is 221 g/mol. The first kappa shape index (κ1) is 9.51. The molecular formula is C11H8ClNS. The lowest BCUT2D eigenvalue weighted by atomic mass is 10.0. The van der Waals surface area contributed by atoms with E-state index in [2.05, 4.69) is 12.1 Å². The second kappa shape index (κ2) is 3.61. The molecule has 0 amide bonds. The summed E-state index contributed by atoms with van der Waals surface area (Å²) in [4.78, 5) is 0. The van der Waals surface area contributed by atoms with Gasteiger partial charge < -0.3 is 0 Å². The van der Waals surface area contributed by atoms with Gasteiger partial charge in [0.1, 0.15) is 6.07 Å². The number of hydrogen-bond acceptors (Lipinski definition) is 2. The van der Waals surface area contributed by atoms with E-state index in [1.54, 1.807) is 11.3 Å². The topological polar surface area (TPSA) is 23.8 Å². The van der Waals surface area contributed by atoms with Crippen molar-refractivity contribution in [2.45, 2.75) is 12.8 Å². The summed E-state index contributed by atoms with van der Waals surface area (Å²) in [5, 5.41) is 12.2. The van der Waals surface area contributed by atoms with E-state index in [0.717, 1.165) is 26.8 Å². The number of alkyl halides is 1. The molecular weight excluding hydrogens is 214 g/mol. The number of benzene rings is 1. The zero-order valence-corrected chi connectivity index (χ0v) is 9.25. The second-order valence-electron chi connectivity index (χ2n) is 3.12. The Bertz CT molecular complexity index is 522. The van der Waals surface area contributed by atoms with Gasteiger partial charge in [0, 0.05) is 5.88 Å². The third-order valence-electron chi connectivity index (χ3n) is 2.36. The first-order chi connectivity index (χ1) is 6.77. The molecule has 0 unspecified atom stereocenters. The Kier molecular flexibility index (Phi) is 2.45. The van der Waals surface area contributed by atoms with Crippen molar-refractivity contribution in [2.75, 3.05) is 0 Å². The lowest BCUT2D eigenvalue weighted by Gasteiger charge is -2.04. The van der Waals surface area contributed by atoms with Gasteiger partial charge in [0.15, 0.2) is 0 Å². The Balaban J connectivity index is 2.89. The number of halogens is 1. The Morgan fingerprint density at radius 1 is 1.57 bits per heavy atom. The molecule has 0 aliphatic rings.